The van der Waals surface area contributed by atoms with E-state index in [-0.39, 0.29) is 30.6 Å². The molecule has 9 heteroatoms. The van der Waals surface area contributed by atoms with Crippen molar-refractivity contribution in [2.45, 2.75) is 57.2 Å². The molecule has 40 heavy (non-hydrogen) atoms. The second kappa shape index (κ2) is 13.6. The Morgan fingerprint density at radius 2 is 1.52 bits per heavy atom. The summed E-state index contributed by atoms with van der Waals surface area (Å²) >= 11 is 0. The average Bonchev–Trinajstić information content (AvgIpc) is 2.94. The summed E-state index contributed by atoms with van der Waals surface area (Å²) in [6.07, 6.45) is 6.23. The number of benzene rings is 3. The van der Waals surface area contributed by atoms with Crippen molar-refractivity contribution in [3.63, 3.8) is 0 Å². The third-order valence-electron chi connectivity index (χ3n) is 7.19. The molecule has 0 bridgehead atoms. The second-order valence-corrected chi connectivity index (χ2v) is 12.2. The van der Waals surface area contributed by atoms with Crippen molar-refractivity contribution in [1.82, 2.24) is 10.2 Å². The predicted octanol–water partition coefficient (Wildman–Crippen LogP) is 4.68. The number of halogens is 1. The van der Waals surface area contributed by atoms with Crippen molar-refractivity contribution in [3.8, 4) is 0 Å². The fraction of sp³-hybridized carbons (Fsp3) is 0.355. The highest BCUT2D eigenvalue weighted by Crippen LogP contribution is 2.22. The minimum Gasteiger partial charge on any atom is -0.352 e. The van der Waals surface area contributed by atoms with E-state index in [0.29, 0.717) is 0 Å². The Balaban J connectivity index is 1.70. The van der Waals surface area contributed by atoms with Crippen LogP contribution in [0.1, 0.15) is 43.2 Å². The van der Waals surface area contributed by atoms with Crippen LogP contribution in [-0.4, -0.2) is 50.0 Å². The zero-order chi connectivity index (χ0) is 28.5. The summed E-state index contributed by atoms with van der Waals surface area (Å²) in [6, 6.07) is 23.0. The van der Waals surface area contributed by atoms with E-state index in [1.165, 1.54) is 23.1 Å². The lowest BCUT2D eigenvalue weighted by Crippen LogP contribution is -2.55. The first-order valence-electron chi connectivity index (χ1n) is 13.6. The van der Waals surface area contributed by atoms with Gasteiger partial charge in [0.05, 0.1) is 11.9 Å². The van der Waals surface area contributed by atoms with Gasteiger partial charge >= 0.3 is 0 Å². The zero-order valence-corrected chi connectivity index (χ0v) is 23.5. The van der Waals surface area contributed by atoms with E-state index in [1.807, 2.05) is 60.7 Å². The number of carbonyl (C=O) groups excluding carboxylic acids is 2. The van der Waals surface area contributed by atoms with Crippen LogP contribution < -0.4 is 9.62 Å². The maximum Gasteiger partial charge on any atom is 0.244 e. The highest BCUT2D eigenvalue weighted by atomic mass is 32.2. The van der Waals surface area contributed by atoms with E-state index < -0.39 is 34.3 Å². The molecular weight excluding hydrogens is 529 g/mol. The summed E-state index contributed by atoms with van der Waals surface area (Å²) in [4.78, 5) is 29.4. The first-order chi connectivity index (χ1) is 19.2. The normalized spacial score (nSPS) is 14.8. The molecule has 1 atom stereocenters. The van der Waals surface area contributed by atoms with Crippen molar-refractivity contribution in [2.24, 2.45) is 0 Å². The van der Waals surface area contributed by atoms with E-state index in [9.17, 15) is 22.4 Å². The van der Waals surface area contributed by atoms with Gasteiger partial charge < -0.3 is 10.2 Å². The maximum absolute atomic E-state index is 14.0. The van der Waals surface area contributed by atoms with E-state index >= 15 is 0 Å². The van der Waals surface area contributed by atoms with Gasteiger partial charge in [-0.25, -0.2) is 12.8 Å². The fourth-order valence-electron chi connectivity index (χ4n) is 5.12. The predicted molar refractivity (Wildman–Crippen MR) is 155 cm³/mol. The molecule has 1 saturated carbocycles. The van der Waals surface area contributed by atoms with Crippen molar-refractivity contribution in [1.29, 1.82) is 0 Å². The highest BCUT2D eigenvalue weighted by Gasteiger charge is 2.34. The first kappa shape index (κ1) is 29.3. The van der Waals surface area contributed by atoms with Crippen LogP contribution in [-0.2, 0) is 32.6 Å². The number of nitrogens with one attached hydrogen (secondary N) is 1. The van der Waals surface area contributed by atoms with E-state index in [4.69, 9.17) is 0 Å². The van der Waals surface area contributed by atoms with Gasteiger partial charge in [0.1, 0.15) is 18.4 Å². The van der Waals surface area contributed by atoms with Crippen molar-refractivity contribution in [2.75, 3.05) is 17.1 Å². The van der Waals surface area contributed by atoms with Crippen LogP contribution in [0.15, 0.2) is 84.9 Å². The third-order valence-corrected chi connectivity index (χ3v) is 8.33. The Labute approximate surface area is 236 Å². The zero-order valence-electron chi connectivity index (χ0n) is 22.7. The molecule has 3 aromatic carbocycles. The first-order valence-corrected chi connectivity index (χ1v) is 15.5. The number of amides is 2. The molecule has 0 unspecified atom stereocenters. The highest BCUT2D eigenvalue weighted by molar-refractivity contribution is 7.92. The van der Waals surface area contributed by atoms with Crippen LogP contribution >= 0.6 is 0 Å². The number of nitrogens with zero attached hydrogens (tertiary/aromatic N) is 2. The Morgan fingerprint density at radius 1 is 0.900 bits per heavy atom. The molecule has 2 amide bonds. The molecule has 7 nitrogen and oxygen atoms in total. The Hall–Kier alpha value is -3.72. The third kappa shape index (κ3) is 8.14. The number of anilines is 1. The van der Waals surface area contributed by atoms with Crippen LogP contribution in [0, 0.1) is 5.82 Å². The molecule has 1 fully saturated rings. The van der Waals surface area contributed by atoms with Crippen LogP contribution in [0.4, 0.5) is 10.1 Å². The van der Waals surface area contributed by atoms with Gasteiger partial charge in [-0.3, -0.25) is 13.9 Å². The van der Waals surface area contributed by atoms with Gasteiger partial charge in [-0.1, -0.05) is 86.0 Å². The second-order valence-electron chi connectivity index (χ2n) is 10.3. The minimum atomic E-state index is -3.95. The molecule has 0 aliphatic heterocycles. The molecular formula is C31H36FN3O4S. The monoisotopic (exact) mass is 565 g/mol. The quantitative estimate of drug-likeness (QED) is 0.366. The average molecular weight is 566 g/mol. The molecule has 0 heterocycles. The smallest absolute Gasteiger partial charge is 0.244 e. The molecule has 3 aromatic rings. The Kier molecular flexibility index (Phi) is 9.93. The summed E-state index contributed by atoms with van der Waals surface area (Å²) in [6.45, 7) is -0.465. The van der Waals surface area contributed by atoms with Gasteiger partial charge in [0.25, 0.3) is 0 Å². The number of hydrogen-bond donors (Lipinski definition) is 1. The number of carbonyl (C=O) groups is 2. The van der Waals surface area contributed by atoms with Crippen molar-refractivity contribution >= 4 is 27.5 Å². The van der Waals surface area contributed by atoms with Gasteiger partial charge in [-0.05, 0) is 42.2 Å². The van der Waals surface area contributed by atoms with Gasteiger partial charge in [-0.2, -0.15) is 0 Å². The van der Waals surface area contributed by atoms with Crippen LogP contribution in [0.2, 0.25) is 0 Å². The minimum absolute atomic E-state index is 0.0352. The molecule has 0 spiro atoms. The number of rotatable bonds is 11. The number of hydrogen-bond acceptors (Lipinski definition) is 4. The van der Waals surface area contributed by atoms with E-state index in [2.05, 4.69) is 5.32 Å². The summed E-state index contributed by atoms with van der Waals surface area (Å²) in [5.74, 6) is -1.44. The van der Waals surface area contributed by atoms with Gasteiger partial charge in [0, 0.05) is 19.0 Å². The van der Waals surface area contributed by atoms with E-state index in [0.717, 1.165) is 59.9 Å². The summed E-state index contributed by atoms with van der Waals surface area (Å²) in [7, 11) is -3.95. The molecule has 1 aliphatic rings. The van der Waals surface area contributed by atoms with Crippen molar-refractivity contribution < 1.29 is 22.4 Å². The molecule has 1 N–H and O–H groups in total. The van der Waals surface area contributed by atoms with Gasteiger partial charge in [-0.15, -0.1) is 0 Å². The van der Waals surface area contributed by atoms with Crippen LogP contribution in [0.3, 0.4) is 0 Å². The van der Waals surface area contributed by atoms with Crippen LogP contribution in [0.5, 0.6) is 0 Å². The summed E-state index contributed by atoms with van der Waals surface area (Å²) < 4.78 is 40.5. The van der Waals surface area contributed by atoms with Gasteiger partial charge in [0.2, 0.25) is 21.8 Å². The molecule has 4 rings (SSSR count). The Bertz CT molecular complexity index is 1380. The fourth-order valence-corrected chi connectivity index (χ4v) is 5.96. The van der Waals surface area contributed by atoms with Gasteiger partial charge in [0.15, 0.2) is 0 Å². The summed E-state index contributed by atoms with van der Waals surface area (Å²) in [5, 5.41) is 3.17. The molecule has 212 valence electrons. The largest absolute Gasteiger partial charge is 0.352 e. The van der Waals surface area contributed by atoms with E-state index in [1.54, 1.807) is 0 Å². The lowest BCUT2D eigenvalue weighted by molar-refractivity contribution is -0.140. The standard InChI is InChI=1S/C31H36FN3O4S/c1-40(38,39)35(28-19-11-16-26(32)21-28)23-30(36)34(22-25-14-7-3-8-15-25)29(20-24-12-5-2-6-13-24)31(37)33-27-17-9-4-10-18-27/h2-3,5-8,11-16,19,21,27,29H,4,9-10,17-18,20,22-23H2,1H3,(H,33,37)/t29-/m1/s1. The topological polar surface area (TPSA) is 86.8 Å². The van der Waals surface area contributed by atoms with Crippen LogP contribution in [0.25, 0.3) is 0 Å². The lowest BCUT2D eigenvalue weighted by Gasteiger charge is -2.35. The van der Waals surface area contributed by atoms with Crippen molar-refractivity contribution in [3.05, 3.63) is 102 Å². The Morgan fingerprint density at radius 3 is 2.12 bits per heavy atom. The maximum atomic E-state index is 14.0. The molecule has 0 radical (unpaired) electrons. The summed E-state index contributed by atoms with van der Waals surface area (Å²) in [5.41, 5.74) is 1.72. The lowest BCUT2D eigenvalue weighted by atomic mass is 9.94. The SMILES string of the molecule is CS(=O)(=O)N(CC(=O)N(Cc1ccccc1)[C@H](Cc1ccccc1)C(=O)NC1CCCCC1)c1cccc(F)c1. The molecule has 0 saturated heterocycles. The molecule has 0 aromatic heterocycles. The number of sulfonamides is 1. The molecule has 1 aliphatic carbocycles.